The Hall–Kier alpha value is -1.88. The number of rotatable bonds is 3. The van der Waals surface area contributed by atoms with Crippen molar-refractivity contribution < 1.29 is 4.74 Å². The van der Waals surface area contributed by atoms with Crippen LogP contribution in [0.2, 0.25) is 0 Å². The highest BCUT2D eigenvalue weighted by Gasteiger charge is 2.07. The van der Waals surface area contributed by atoms with E-state index in [9.17, 15) is 0 Å². The van der Waals surface area contributed by atoms with Crippen LogP contribution in [0.1, 0.15) is 5.56 Å². The van der Waals surface area contributed by atoms with Crippen molar-refractivity contribution in [3.05, 3.63) is 30.0 Å². The zero-order valence-electron chi connectivity index (χ0n) is 8.90. The quantitative estimate of drug-likeness (QED) is 0.378. The van der Waals surface area contributed by atoms with Crippen molar-refractivity contribution in [2.24, 2.45) is 11.6 Å². The van der Waals surface area contributed by atoms with E-state index >= 15 is 0 Å². The molecule has 82 valence electrons. The van der Waals surface area contributed by atoms with E-state index in [1.165, 1.54) is 11.2 Å². The van der Waals surface area contributed by atoms with Crippen molar-refractivity contribution in [2.45, 2.75) is 0 Å². The number of benzene rings is 1. The van der Waals surface area contributed by atoms with Crippen LogP contribution in [0.4, 0.5) is 5.69 Å². The second-order valence-electron chi connectivity index (χ2n) is 3.12. The number of ether oxygens (including phenoxy) is 1. The number of anilines is 1. The summed E-state index contributed by atoms with van der Waals surface area (Å²) in [5.74, 6) is 6.23. The summed E-state index contributed by atoms with van der Waals surface area (Å²) in [4.78, 5) is 0. The maximum atomic E-state index is 5.70. The van der Waals surface area contributed by atoms with Gasteiger partial charge in [0.05, 0.1) is 18.5 Å². The third-order valence-electron chi connectivity index (χ3n) is 2.07. The molecule has 0 aliphatic rings. The van der Waals surface area contributed by atoms with Gasteiger partial charge < -0.3 is 21.2 Å². The van der Waals surface area contributed by atoms with Crippen LogP contribution in [0.25, 0.3) is 5.70 Å². The first-order valence-corrected chi connectivity index (χ1v) is 4.44. The van der Waals surface area contributed by atoms with Gasteiger partial charge in [0, 0.05) is 18.8 Å². The maximum absolute atomic E-state index is 5.70. The Balaban J connectivity index is 3.15. The summed E-state index contributed by atoms with van der Waals surface area (Å²) in [6.07, 6.45) is 1.44. The molecule has 1 aromatic rings. The van der Waals surface area contributed by atoms with E-state index in [0.717, 1.165) is 5.56 Å². The minimum Gasteiger partial charge on any atom is -0.495 e. The minimum absolute atomic E-state index is 0.581. The molecule has 0 atom stereocenters. The molecular weight excluding hydrogens is 192 g/mol. The van der Waals surface area contributed by atoms with Gasteiger partial charge in [-0.2, -0.15) is 0 Å². The Morgan fingerprint density at radius 3 is 2.60 bits per heavy atom. The first-order valence-electron chi connectivity index (χ1n) is 4.44. The van der Waals surface area contributed by atoms with Gasteiger partial charge in [-0.05, 0) is 12.1 Å². The summed E-state index contributed by atoms with van der Waals surface area (Å²) in [6, 6.07) is 5.37. The van der Waals surface area contributed by atoms with E-state index in [0.29, 0.717) is 17.1 Å². The van der Waals surface area contributed by atoms with E-state index in [-0.39, 0.29) is 0 Å². The molecule has 6 N–H and O–H groups in total. The Labute approximate surface area is 89.1 Å². The van der Waals surface area contributed by atoms with Crippen LogP contribution in [-0.2, 0) is 0 Å². The lowest BCUT2D eigenvalue weighted by molar-refractivity contribution is 0.416. The summed E-state index contributed by atoms with van der Waals surface area (Å²) in [5.41, 5.74) is 13.3. The molecule has 0 radical (unpaired) electrons. The average Bonchev–Trinajstić information content (AvgIpc) is 2.21. The third-order valence-corrected chi connectivity index (χ3v) is 2.07. The number of nitrogens with zero attached hydrogens (tertiary/aromatic N) is 1. The van der Waals surface area contributed by atoms with E-state index in [1.807, 2.05) is 6.07 Å². The molecule has 5 nitrogen and oxygen atoms in total. The second kappa shape index (κ2) is 4.56. The number of nitrogens with two attached hydrogens (primary N) is 3. The van der Waals surface area contributed by atoms with Crippen LogP contribution in [0.5, 0.6) is 5.75 Å². The van der Waals surface area contributed by atoms with Crippen LogP contribution in [0.15, 0.2) is 24.4 Å². The van der Waals surface area contributed by atoms with Crippen molar-refractivity contribution >= 4 is 11.4 Å². The van der Waals surface area contributed by atoms with E-state index in [1.54, 1.807) is 26.3 Å². The molecule has 0 saturated heterocycles. The van der Waals surface area contributed by atoms with Crippen molar-refractivity contribution in [2.75, 3.05) is 19.9 Å². The molecule has 0 unspecified atom stereocenters. The molecule has 0 fully saturated rings. The van der Waals surface area contributed by atoms with Gasteiger partial charge in [-0.3, -0.25) is 0 Å². The summed E-state index contributed by atoms with van der Waals surface area (Å²) in [5, 5.41) is 1.44. The summed E-state index contributed by atoms with van der Waals surface area (Å²) in [7, 11) is 3.27. The average molecular weight is 208 g/mol. The van der Waals surface area contributed by atoms with Gasteiger partial charge in [0.25, 0.3) is 0 Å². The summed E-state index contributed by atoms with van der Waals surface area (Å²) >= 11 is 0. The molecule has 1 rings (SSSR count). The molecule has 0 spiro atoms. The molecule has 0 aliphatic carbocycles. The number of hydrazine groups is 1. The van der Waals surface area contributed by atoms with Gasteiger partial charge in [-0.25, -0.2) is 5.84 Å². The van der Waals surface area contributed by atoms with Crippen molar-refractivity contribution in [1.82, 2.24) is 5.01 Å². The van der Waals surface area contributed by atoms with Gasteiger partial charge >= 0.3 is 0 Å². The monoisotopic (exact) mass is 208 g/mol. The highest BCUT2D eigenvalue weighted by molar-refractivity contribution is 5.68. The van der Waals surface area contributed by atoms with Gasteiger partial charge in [-0.15, -0.1) is 0 Å². The zero-order valence-corrected chi connectivity index (χ0v) is 8.90. The normalized spacial score (nSPS) is 11.3. The number of hydrogen-bond donors (Lipinski definition) is 3. The maximum Gasteiger partial charge on any atom is 0.142 e. The zero-order chi connectivity index (χ0) is 11.4. The smallest absolute Gasteiger partial charge is 0.142 e. The topological polar surface area (TPSA) is 90.5 Å². The van der Waals surface area contributed by atoms with Crippen LogP contribution in [0, 0.1) is 0 Å². The van der Waals surface area contributed by atoms with Crippen LogP contribution < -0.4 is 22.0 Å². The van der Waals surface area contributed by atoms with E-state index in [2.05, 4.69) is 0 Å². The largest absolute Gasteiger partial charge is 0.495 e. The number of nitrogen functional groups attached to an aromatic ring is 1. The molecule has 0 saturated carbocycles. The minimum atomic E-state index is 0.581. The van der Waals surface area contributed by atoms with Crippen LogP contribution in [-0.4, -0.2) is 19.2 Å². The van der Waals surface area contributed by atoms with Gasteiger partial charge in [0.2, 0.25) is 0 Å². The fourth-order valence-corrected chi connectivity index (χ4v) is 1.29. The Morgan fingerprint density at radius 2 is 2.13 bits per heavy atom. The SMILES string of the molecule is COc1cc(/C(=C/N)N(C)N)ccc1N. The van der Waals surface area contributed by atoms with Crippen molar-refractivity contribution in [3.8, 4) is 5.75 Å². The summed E-state index contributed by atoms with van der Waals surface area (Å²) in [6.45, 7) is 0. The predicted molar refractivity (Wildman–Crippen MR) is 61.5 cm³/mol. The second-order valence-corrected chi connectivity index (χ2v) is 3.12. The van der Waals surface area contributed by atoms with Crippen molar-refractivity contribution in [1.29, 1.82) is 0 Å². The van der Waals surface area contributed by atoms with Gasteiger partial charge in [-0.1, -0.05) is 6.07 Å². The van der Waals surface area contributed by atoms with Crippen molar-refractivity contribution in [3.63, 3.8) is 0 Å². The Bertz CT molecular complexity index is 374. The number of hydrogen-bond acceptors (Lipinski definition) is 5. The molecule has 0 aromatic heterocycles. The van der Waals surface area contributed by atoms with E-state index < -0.39 is 0 Å². The molecule has 0 bridgehead atoms. The summed E-state index contributed by atoms with van der Waals surface area (Å²) < 4.78 is 5.11. The highest BCUT2D eigenvalue weighted by atomic mass is 16.5. The van der Waals surface area contributed by atoms with E-state index in [4.69, 9.17) is 22.0 Å². The highest BCUT2D eigenvalue weighted by Crippen LogP contribution is 2.26. The molecule has 0 heterocycles. The first-order chi connectivity index (χ1) is 7.10. The number of methoxy groups -OCH3 is 1. The molecule has 5 heteroatoms. The lowest BCUT2D eigenvalue weighted by Gasteiger charge is -2.17. The van der Waals surface area contributed by atoms with Gasteiger partial charge in [0.1, 0.15) is 5.75 Å². The predicted octanol–water partition coefficient (Wildman–Crippen LogP) is 0.340. The lowest BCUT2D eigenvalue weighted by atomic mass is 10.1. The fourth-order valence-electron chi connectivity index (χ4n) is 1.29. The Morgan fingerprint density at radius 1 is 1.47 bits per heavy atom. The molecule has 0 aliphatic heterocycles. The van der Waals surface area contributed by atoms with Crippen LogP contribution >= 0.6 is 0 Å². The molecular formula is C10H16N4O. The standard InChI is InChI=1S/C10H16N4O/c1-14(13)9(6-11)7-3-4-8(12)10(5-7)15-2/h3-6H,11-13H2,1-2H3/b9-6-. The Kier molecular flexibility index (Phi) is 3.41. The first kappa shape index (κ1) is 11.2. The molecule has 15 heavy (non-hydrogen) atoms. The van der Waals surface area contributed by atoms with Crippen LogP contribution in [0.3, 0.4) is 0 Å². The third kappa shape index (κ3) is 2.32. The molecule has 1 aromatic carbocycles. The fraction of sp³-hybridized carbons (Fsp3) is 0.200. The molecule has 0 amide bonds. The van der Waals surface area contributed by atoms with Gasteiger partial charge in [0.15, 0.2) is 0 Å². The lowest BCUT2D eigenvalue weighted by Crippen LogP contribution is -2.24.